The van der Waals surface area contributed by atoms with Crippen LogP contribution in [-0.2, 0) is 13.1 Å². The molecule has 42 heavy (non-hydrogen) atoms. The Hall–Kier alpha value is -3.45. The molecule has 218 valence electrons. The molecular weight excluding hydrogens is 750 g/mol. The number of nitrogens with two attached hydrogens (primary N) is 1. The van der Waals surface area contributed by atoms with Gasteiger partial charge >= 0.3 is 0 Å². The number of para-hydroxylation sites is 1. The van der Waals surface area contributed by atoms with Crippen LogP contribution in [0.2, 0.25) is 0 Å². The van der Waals surface area contributed by atoms with Crippen LogP contribution in [0.25, 0.3) is 10.9 Å². The van der Waals surface area contributed by atoms with Gasteiger partial charge in [0.1, 0.15) is 13.1 Å². The molecule has 0 atom stereocenters. The number of aryl methyl sites for hydroxylation is 2. The highest BCUT2D eigenvalue weighted by Gasteiger charge is 2.13. The maximum absolute atomic E-state index is 12.9. The third-order valence-corrected chi connectivity index (χ3v) is 6.78. The van der Waals surface area contributed by atoms with Crippen LogP contribution < -0.4 is 78.8 Å². The Kier molecular flexibility index (Phi) is 12.3. The number of aromatic nitrogens is 2. The van der Waals surface area contributed by atoms with Gasteiger partial charge < -0.3 is 69.6 Å². The molecule has 5 rings (SSSR count). The number of fused-ring (bicyclic) bond motifs is 1. The second-order valence-corrected chi connectivity index (χ2v) is 9.85. The molecule has 0 bridgehead atoms. The van der Waals surface area contributed by atoms with Crippen molar-refractivity contribution in [1.29, 1.82) is 0 Å². The summed E-state index contributed by atoms with van der Waals surface area (Å²) in [5, 5.41) is 11.0. The summed E-state index contributed by atoms with van der Waals surface area (Å²) in [6, 6.07) is 27.5. The molecule has 7 nitrogen and oxygen atoms in total. The predicted molar refractivity (Wildman–Crippen MR) is 163 cm³/mol. The Balaban J connectivity index is 0.00000242. The first-order valence-electron chi connectivity index (χ1n) is 13.8. The second-order valence-electron chi connectivity index (χ2n) is 9.85. The third-order valence-electron chi connectivity index (χ3n) is 6.78. The van der Waals surface area contributed by atoms with E-state index in [2.05, 4.69) is 75.5 Å². The van der Waals surface area contributed by atoms with E-state index in [1.54, 1.807) is 6.07 Å². The molecule has 0 radical (unpaired) electrons. The fourth-order valence-electron chi connectivity index (χ4n) is 4.75. The molecule has 2 heterocycles. The quantitative estimate of drug-likeness (QED) is 0.0949. The number of nitrogens with one attached hydrogen (secondary N) is 3. The van der Waals surface area contributed by atoms with Gasteiger partial charge in [0.25, 0.3) is 5.91 Å². The molecule has 0 saturated carbocycles. The summed E-state index contributed by atoms with van der Waals surface area (Å²) < 4.78 is 4.41. The summed E-state index contributed by atoms with van der Waals surface area (Å²) in [6.07, 6.45) is 8.36. The van der Waals surface area contributed by atoms with E-state index in [1.165, 1.54) is 5.52 Å². The number of benzene rings is 3. The van der Waals surface area contributed by atoms with Gasteiger partial charge in [0.2, 0.25) is 5.52 Å². The van der Waals surface area contributed by atoms with Gasteiger partial charge in [-0.3, -0.25) is 4.79 Å². The summed E-state index contributed by atoms with van der Waals surface area (Å²) in [6.45, 7) is 6.29. The third kappa shape index (κ3) is 8.09. The first-order valence-corrected chi connectivity index (χ1v) is 13.8. The van der Waals surface area contributed by atoms with E-state index in [9.17, 15) is 4.79 Å². The van der Waals surface area contributed by atoms with Crippen molar-refractivity contribution in [3.63, 3.8) is 0 Å². The van der Waals surface area contributed by atoms with Gasteiger partial charge in [-0.2, -0.15) is 4.57 Å². The van der Waals surface area contributed by atoms with Crippen molar-refractivity contribution in [2.24, 2.45) is 0 Å². The van der Waals surface area contributed by atoms with E-state index in [0.717, 1.165) is 54.1 Å². The Bertz CT molecular complexity index is 1630. The van der Waals surface area contributed by atoms with Gasteiger partial charge in [-0.05, 0) is 48.5 Å². The molecule has 3 aromatic carbocycles. The van der Waals surface area contributed by atoms with Gasteiger partial charge in [-0.15, -0.1) is 0 Å². The highest BCUT2D eigenvalue weighted by atomic mass is 127. The van der Waals surface area contributed by atoms with Crippen LogP contribution in [0.15, 0.2) is 104 Å². The lowest BCUT2D eigenvalue weighted by Crippen LogP contribution is -3.00. The van der Waals surface area contributed by atoms with Crippen molar-refractivity contribution in [3.05, 3.63) is 109 Å². The smallest absolute Gasteiger partial charge is 0.255 e. The monoisotopic (exact) mass is 786 g/mol. The zero-order valence-electron chi connectivity index (χ0n) is 23.8. The van der Waals surface area contributed by atoms with Crippen LogP contribution in [0.3, 0.4) is 0 Å². The van der Waals surface area contributed by atoms with Gasteiger partial charge in [0.15, 0.2) is 18.6 Å². The van der Waals surface area contributed by atoms with Gasteiger partial charge in [0, 0.05) is 54.0 Å². The highest BCUT2D eigenvalue weighted by Crippen LogP contribution is 2.27. The van der Waals surface area contributed by atoms with Crippen molar-refractivity contribution < 1.29 is 61.9 Å². The van der Waals surface area contributed by atoms with Crippen LogP contribution in [0.5, 0.6) is 0 Å². The molecule has 0 fully saturated rings. The number of carbonyl (C=O) groups excluding carboxylic acids is 1. The molecule has 2 aromatic heterocycles. The Morgan fingerprint density at radius 1 is 0.714 bits per heavy atom. The molecule has 0 saturated heterocycles. The molecule has 0 aliphatic rings. The average molecular weight is 787 g/mol. The molecule has 0 unspecified atom stereocenters. The number of pyridine rings is 2. The van der Waals surface area contributed by atoms with E-state index >= 15 is 0 Å². The first kappa shape index (κ1) is 33.1. The fraction of sp³-hybridized carbons (Fsp3) is 0.182. The van der Waals surface area contributed by atoms with E-state index in [4.69, 9.17) is 5.73 Å². The van der Waals surface area contributed by atoms with Crippen LogP contribution in [0.1, 0.15) is 37.0 Å². The minimum absolute atomic E-state index is 0. The lowest BCUT2D eigenvalue weighted by atomic mass is 10.1. The zero-order chi connectivity index (χ0) is 27.9. The number of carbonyl (C=O) groups is 1. The van der Waals surface area contributed by atoms with Crippen molar-refractivity contribution >= 4 is 50.9 Å². The summed E-state index contributed by atoms with van der Waals surface area (Å²) in [7, 11) is 0. The molecule has 0 spiro atoms. The van der Waals surface area contributed by atoms with Crippen molar-refractivity contribution in [2.45, 2.75) is 39.8 Å². The van der Waals surface area contributed by atoms with Crippen LogP contribution >= 0.6 is 0 Å². The minimum atomic E-state index is -0.194. The van der Waals surface area contributed by atoms with Gasteiger partial charge in [0.05, 0.1) is 28.1 Å². The van der Waals surface area contributed by atoms with Crippen LogP contribution in [-0.4, -0.2) is 5.91 Å². The second kappa shape index (κ2) is 15.7. The summed E-state index contributed by atoms with van der Waals surface area (Å²) in [5.74, 6) is -0.194. The summed E-state index contributed by atoms with van der Waals surface area (Å²) in [5.41, 5.74) is 12.9. The van der Waals surface area contributed by atoms with Crippen molar-refractivity contribution in [2.75, 3.05) is 21.7 Å². The number of halogens is 2. The molecule has 1 amide bonds. The molecule has 0 aliphatic heterocycles. The largest absolute Gasteiger partial charge is 1.00 e. The van der Waals surface area contributed by atoms with Crippen molar-refractivity contribution in [1.82, 2.24) is 0 Å². The van der Waals surface area contributed by atoms with Gasteiger partial charge in [-0.1, -0.05) is 26.0 Å². The predicted octanol–water partition coefficient (Wildman–Crippen LogP) is 0.565. The van der Waals surface area contributed by atoms with Gasteiger partial charge in [-0.25, -0.2) is 4.57 Å². The number of nitrogens with zero attached hydrogens (tertiary/aromatic N) is 2. The van der Waals surface area contributed by atoms with E-state index < -0.39 is 0 Å². The SMILES string of the molecule is CCC[n+]1ccc(Nc2ccc(NC(=O)c3ccc(Nc4cc[n+](CCC)c5ccccc45)cc3)cc2N)cc1.[I-].[I-]. The normalized spacial score (nSPS) is 10.3. The van der Waals surface area contributed by atoms with Crippen molar-refractivity contribution in [3.8, 4) is 0 Å². The maximum atomic E-state index is 12.9. The van der Waals surface area contributed by atoms with Crippen LogP contribution in [0, 0.1) is 0 Å². The lowest BCUT2D eigenvalue weighted by molar-refractivity contribution is -0.696. The minimum Gasteiger partial charge on any atom is -1.00 e. The molecule has 0 aliphatic carbocycles. The molecule has 5 aromatic rings. The molecular formula is C33H36I2N6O. The summed E-state index contributed by atoms with van der Waals surface area (Å²) in [4.78, 5) is 12.9. The number of amides is 1. The van der Waals surface area contributed by atoms with E-state index in [0.29, 0.717) is 16.9 Å². The Morgan fingerprint density at radius 2 is 1.36 bits per heavy atom. The zero-order valence-corrected chi connectivity index (χ0v) is 28.1. The standard InChI is InChI=1S/C33H34N6O.2HI/c1-3-18-38-20-15-26(16-21-38)36-31-14-13-27(23-29(31)34)37-33(40)24-9-11-25(12-10-24)35-30-17-22-39(19-4-2)32-8-6-5-7-28(30)32;;/h5-17,20-23H,3-4,18-19,34H2,1-2H3,(H,37,40);2*1H. The van der Waals surface area contributed by atoms with Crippen LogP contribution in [0.4, 0.5) is 34.1 Å². The molecule has 5 N–H and O–H groups in total. The Morgan fingerprint density at radius 3 is 2.05 bits per heavy atom. The number of hydrogen-bond donors (Lipinski definition) is 4. The summed E-state index contributed by atoms with van der Waals surface area (Å²) >= 11 is 0. The first-order chi connectivity index (χ1) is 19.5. The van der Waals surface area contributed by atoms with E-state index in [1.807, 2.05) is 60.9 Å². The lowest BCUT2D eigenvalue weighted by Gasteiger charge is -2.12. The number of hydrogen-bond acceptors (Lipinski definition) is 4. The maximum Gasteiger partial charge on any atom is 0.255 e. The topological polar surface area (TPSA) is 86.9 Å². The number of nitrogen functional groups attached to an aromatic ring is 1. The molecule has 9 heteroatoms. The number of anilines is 6. The number of rotatable bonds is 10. The van der Waals surface area contributed by atoms with E-state index in [-0.39, 0.29) is 53.9 Å². The highest BCUT2D eigenvalue weighted by molar-refractivity contribution is 6.05. The Labute approximate surface area is 281 Å². The average Bonchev–Trinajstić information content (AvgIpc) is 2.97. The fourth-order valence-corrected chi connectivity index (χ4v) is 4.75.